The van der Waals surface area contributed by atoms with E-state index in [1.54, 1.807) is 0 Å². The zero-order chi connectivity index (χ0) is 62.0. The molecular formula is C44H106O23Si12. The van der Waals surface area contributed by atoms with Crippen LogP contribution in [-0.4, -0.2) is 198 Å². The Labute approximate surface area is 486 Å². The van der Waals surface area contributed by atoms with Gasteiger partial charge in [0.15, 0.2) is 16.6 Å². The maximum atomic E-state index is 11.6. The molecule has 4 N–H and O–H groups in total. The van der Waals surface area contributed by atoms with Gasteiger partial charge in [0.25, 0.3) is 0 Å². The molecule has 79 heavy (non-hydrogen) atoms. The molecule has 0 saturated carbocycles. The fourth-order valence-electron chi connectivity index (χ4n) is 9.64. The van der Waals surface area contributed by atoms with Crippen molar-refractivity contribution in [1.82, 2.24) is 0 Å². The van der Waals surface area contributed by atoms with Gasteiger partial charge in [-0.05, 0) is 182 Å². The highest BCUT2D eigenvalue weighted by atomic mass is 28.5. The van der Waals surface area contributed by atoms with E-state index >= 15 is 0 Å². The van der Waals surface area contributed by atoms with Gasteiger partial charge in [-0.2, -0.15) is 0 Å². The quantitative estimate of drug-likeness (QED) is 0.0251. The van der Waals surface area contributed by atoms with Gasteiger partial charge in [-0.15, -0.1) is 0 Å². The van der Waals surface area contributed by atoms with Crippen LogP contribution >= 0.6 is 0 Å². The SMILES string of the molecule is C[Si](C)(CCCOCC(O)COC(=O)CCC(=O)O)O[Si](C)(C)O[Si](C)(C)O[Si](C)(C)O[Si](C)(C)O[Si](C)(C)O[Si](C)(C)O[Si](C)(C)O[Si](C)(C)O[Si](C)(C)O[Si](C)(C)O[Si](C)(C)CCCOCC(O)COC(=O)CCC(=O)O. The molecule has 35 heteroatoms. The van der Waals surface area contributed by atoms with Crippen LogP contribution in [0.5, 0.6) is 0 Å². The van der Waals surface area contributed by atoms with E-state index < -0.39 is 138 Å². The number of carboxylic acid groups (broad SMARTS) is 2. The largest absolute Gasteiger partial charge is 0.481 e. The molecule has 0 bridgehead atoms. The van der Waals surface area contributed by atoms with E-state index in [2.05, 4.69) is 26.2 Å². The fraction of sp³-hybridized carbons (Fsp3) is 0.909. The van der Waals surface area contributed by atoms with Crippen molar-refractivity contribution < 1.29 is 104 Å². The first-order valence-corrected chi connectivity index (χ1v) is 61.6. The molecule has 0 amide bonds. The van der Waals surface area contributed by atoms with Crippen molar-refractivity contribution in [3.8, 4) is 0 Å². The lowest BCUT2D eigenvalue weighted by Gasteiger charge is -2.45. The van der Waals surface area contributed by atoms with Crippen LogP contribution < -0.4 is 0 Å². The first-order chi connectivity index (χ1) is 35.2. The summed E-state index contributed by atoms with van der Waals surface area (Å²) < 4.78 is 96.1. The molecule has 0 aromatic heterocycles. The number of hydrogen-bond acceptors (Lipinski definition) is 21. The molecular weight excluding hydrogens is 1230 g/mol. The van der Waals surface area contributed by atoms with Crippen molar-refractivity contribution in [2.24, 2.45) is 0 Å². The molecule has 468 valence electrons. The van der Waals surface area contributed by atoms with Crippen molar-refractivity contribution in [3.05, 3.63) is 0 Å². The molecule has 0 spiro atoms. The molecule has 0 aliphatic heterocycles. The van der Waals surface area contributed by atoms with Gasteiger partial charge in [0, 0.05) is 13.2 Å². The Hall–Kier alpha value is -0.117. The summed E-state index contributed by atoms with van der Waals surface area (Å²) >= 11 is 0. The minimum Gasteiger partial charge on any atom is -0.481 e. The highest BCUT2D eigenvalue weighted by molar-refractivity contribution is 6.94. The Morgan fingerprint density at radius 1 is 0.316 bits per heavy atom. The predicted octanol–water partition coefficient (Wildman–Crippen LogP) is 8.95. The Bertz CT molecular complexity index is 1760. The molecule has 0 radical (unpaired) electrons. The number of aliphatic hydroxyl groups excluding tert-OH is 2. The van der Waals surface area contributed by atoms with Crippen molar-refractivity contribution in [2.45, 2.75) is 220 Å². The molecule has 0 aromatic carbocycles. The minimum absolute atomic E-state index is 0.0156. The van der Waals surface area contributed by atoms with Crippen LogP contribution in [0.15, 0.2) is 0 Å². The molecule has 0 fully saturated rings. The van der Waals surface area contributed by atoms with Gasteiger partial charge in [-0.3, -0.25) is 19.2 Å². The van der Waals surface area contributed by atoms with Gasteiger partial charge in [0.1, 0.15) is 25.4 Å². The van der Waals surface area contributed by atoms with Crippen LogP contribution in [0.25, 0.3) is 0 Å². The summed E-state index contributed by atoms with van der Waals surface area (Å²) in [7, 11) is -32.5. The van der Waals surface area contributed by atoms with Crippen molar-refractivity contribution in [1.29, 1.82) is 0 Å². The van der Waals surface area contributed by atoms with Crippen LogP contribution in [0, 0.1) is 0 Å². The van der Waals surface area contributed by atoms with E-state index in [9.17, 15) is 29.4 Å². The molecule has 2 unspecified atom stereocenters. The zero-order valence-electron chi connectivity index (χ0n) is 52.6. The van der Waals surface area contributed by atoms with Crippen LogP contribution in [0.3, 0.4) is 0 Å². The summed E-state index contributed by atoms with van der Waals surface area (Å²) in [5, 5.41) is 37.6. The lowest BCUT2D eigenvalue weighted by molar-refractivity contribution is -0.151. The van der Waals surface area contributed by atoms with Crippen molar-refractivity contribution in [3.63, 3.8) is 0 Å². The maximum Gasteiger partial charge on any atom is 0.314 e. The van der Waals surface area contributed by atoms with E-state index in [1.165, 1.54) is 0 Å². The molecule has 0 saturated heterocycles. The minimum atomic E-state index is -2.87. The average Bonchev–Trinajstić information content (AvgIpc) is 3.14. The molecule has 0 heterocycles. The van der Waals surface area contributed by atoms with Gasteiger partial charge < -0.3 is 84.6 Å². The second-order valence-electron chi connectivity index (χ2n) is 25.5. The predicted molar refractivity (Wildman–Crippen MR) is 330 cm³/mol. The first kappa shape index (κ1) is 78.9. The normalized spacial score (nSPS) is 15.0. The molecule has 2 atom stereocenters. The molecule has 0 aliphatic carbocycles. The molecule has 0 aliphatic rings. The summed E-state index contributed by atoms with van der Waals surface area (Å²) in [5.74, 6) is -3.55. The fourth-order valence-corrected chi connectivity index (χ4v) is 71.1. The molecule has 0 aromatic rings. The van der Waals surface area contributed by atoms with Gasteiger partial charge >= 0.3 is 109 Å². The molecule has 23 nitrogen and oxygen atoms in total. The number of hydrogen-bond donors (Lipinski definition) is 4. The van der Waals surface area contributed by atoms with Crippen molar-refractivity contribution >= 4 is 126 Å². The number of esters is 2. The maximum absolute atomic E-state index is 11.6. The first-order valence-electron chi connectivity index (χ1n) is 27.2. The molecule has 0 rings (SSSR count). The highest BCUT2D eigenvalue weighted by Crippen LogP contribution is 2.32. The number of aliphatic carboxylic acids is 2. The van der Waals surface area contributed by atoms with Crippen LogP contribution in [0.4, 0.5) is 0 Å². The summed E-state index contributed by atoms with van der Waals surface area (Å²) in [6.07, 6.45) is -1.78. The third-order valence-corrected chi connectivity index (χ3v) is 57.0. The van der Waals surface area contributed by atoms with E-state index in [4.69, 9.17) is 74.4 Å². The topological polar surface area (TPSA) is 288 Å². The van der Waals surface area contributed by atoms with Gasteiger partial charge in [0.05, 0.1) is 38.9 Å². The number of ether oxygens (including phenoxy) is 4. The lowest BCUT2D eigenvalue weighted by Crippen LogP contribution is -2.62. The highest BCUT2D eigenvalue weighted by Gasteiger charge is 2.51. The van der Waals surface area contributed by atoms with Gasteiger partial charge in [-0.1, -0.05) is 0 Å². The van der Waals surface area contributed by atoms with E-state index in [1.807, 2.05) is 131 Å². The van der Waals surface area contributed by atoms with Crippen LogP contribution in [-0.2, 0) is 83.4 Å². The van der Waals surface area contributed by atoms with Gasteiger partial charge in [0.2, 0.25) is 0 Å². The number of carbonyl (C=O) groups is 4. The number of aliphatic hydroxyl groups is 2. The average molecular weight is 1340 g/mol. The number of carbonyl (C=O) groups excluding carboxylic acids is 2. The third kappa shape index (κ3) is 41.6. The number of rotatable bonds is 44. The van der Waals surface area contributed by atoms with E-state index in [-0.39, 0.29) is 52.1 Å². The third-order valence-electron chi connectivity index (χ3n) is 10.2. The summed E-state index contributed by atoms with van der Waals surface area (Å²) in [5.41, 5.74) is 0. The Kier molecular flexibility index (Phi) is 32.5. The monoisotopic (exact) mass is 1340 g/mol. The standard InChI is InChI=1S/C44H106O23Si12/c1-68(2,33-25-31-53-35-39(45)37-55-43(51)29-27-41(47)48)57-70(5,6)59-72(9,10)61-74(13,14)63-76(17,18)65-78(21,22)67-79(23,24)66-77(19,20)64-75(15,16)62-73(11,12)60-71(7,8)58-69(3,4)34-26-32-54-36-40(46)38-56-44(52)30-28-42(49)50/h39-40,45-46H,25-38H2,1-24H3,(H,47,48)(H,49,50). The van der Waals surface area contributed by atoms with Gasteiger partial charge in [-0.25, -0.2) is 0 Å². The zero-order valence-corrected chi connectivity index (χ0v) is 64.6. The number of carboxylic acids is 2. The summed E-state index contributed by atoms with van der Waals surface area (Å²) in [6.45, 7) is 49.2. The Morgan fingerprint density at radius 2 is 0.519 bits per heavy atom. The van der Waals surface area contributed by atoms with E-state index in [0.29, 0.717) is 26.1 Å². The smallest absolute Gasteiger partial charge is 0.314 e. The van der Waals surface area contributed by atoms with Crippen molar-refractivity contribution in [2.75, 3.05) is 39.6 Å². The van der Waals surface area contributed by atoms with E-state index in [0.717, 1.165) is 12.1 Å². The Morgan fingerprint density at radius 3 is 0.722 bits per heavy atom. The second kappa shape index (κ2) is 32.6. The van der Waals surface area contributed by atoms with Crippen LogP contribution in [0.2, 0.25) is 169 Å². The second-order valence-corrected chi connectivity index (χ2v) is 70.5. The Balaban J connectivity index is 5.29. The summed E-state index contributed by atoms with van der Waals surface area (Å²) in [6, 6.07) is 1.59. The lowest BCUT2D eigenvalue weighted by atomic mass is 10.3. The van der Waals surface area contributed by atoms with Crippen LogP contribution in [0.1, 0.15) is 38.5 Å². The summed E-state index contributed by atoms with van der Waals surface area (Å²) in [4.78, 5) is 44.5.